The molecule has 2 unspecified atom stereocenters. The van der Waals surface area contributed by atoms with Crippen molar-refractivity contribution in [2.24, 2.45) is 5.92 Å². The zero-order chi connectivity index (χ0) is 13.7. The lowest BCUT2D eigenvalue weighted by Crippen LogP contribution is -2.60. The van der Waals surface area contributed by atoms with Gasteiger partial charge in [0.25, 0.3) is 0 Å². The van der Waals surface area contributed by atoms with E-state index >= 15 is 0 Å². The van der Waals surface area contributed by atoms with Gasteiger partial charge in [-0.25, -0.2) is 0 Å². The lowest BCUT2D eigenvalue weighted by atomic mass is 9.81. The minimum Gasteiger partial charge on any atom is -0.465 e. The van der Waals surface area contributed by atoms with Crippen LogP contribution in [0.5, 0.6) is 0 Å². The van der Waals surface area contributed by atoms with Crippen molar-refractivity contribution >= 4 is 17.3 Å². The van der Waals surface area contributed by atoms with E-state index in [4.69, 9.17) is 9.47 Å². The highest BCUT2D eigenvalue weighted by Crippen LogP contribution is 2.29. The van der Waals surface area contributed by atoms with Crippen LogP contribution >= 0.6 is 11.3 Å². The first-order valence-electron chi connectivity index (χ1n) is 6.71. The second-order valence-corrected chi connectivity index (χ2v) is 5.88. The third kappa shape index (κ3) is 3.16. The largest absolute Gasteiger partial charge is 0.465 e. The summed E-state index contributed by atoms with van der Waals surface area (Å²) in [6, 6.07) is 4.09. The molecule has 0 aliphatic carbocycles. The van der Waals surface area contributed by atoms with Crippen LogP contribution in [0.1, 0.15) is 25.1 Å². The quantitative estimate of drug-likeness (QED) is 0.842. The molecular formula is C14H21NO3S. The van der Waals surface area contributed by atoms with Crippen molar-refractivity contribution < 1.29 is 14.3 Å². The van der Waals surface area contributed by atoms with Gasteiger partial charge in [-0.1, -0.05) is 13.0 Å². The molecule has 4 nitrogen and oxygen atoms in total. The van der Waals surface area contributed by atoms with Crippen LogP contribution in [0.3, 0.4) is 0 Å². The van der Waals surface area contributed by atoms with Crippen LogP contribution in [-0.2, 0) is 20.8 Å². The molecule has 0 saturated carbocycles. The zero-order valence-electron chi connectivity index (χ0n) is 11.5. The Hall–Kier alpha value is -0.910. The number of ether oxygens (including phenoxy) is 2. The Morgan fingerprint density at radius 3 is 3.16 bits per heavy atom. The Morgan fingerprint density at radius 1 is 1.68 bits per heavy atom. The minimum absolute atomic E-state index is 0.111. The Labute approximate surface area is 118 Å². The predicted octanol–water partition coefficient (Wildman–Crippen LogP) is 2.20. The van der Waals surface area contributed by atoms with Crippen molar-refractivity contribution in [3.63, 3.8) is 0 Å². The van der Waals surface area contributed by atoms with Gasteiger partial charge in [0, 0.05) is 30.4 Å². The number of esters is 1. The van der Waals surface area contributed by atoms with Crippen molar-refractivity contribution in [1.29, 1.82) is 0 Å². The van der Waals surface area contributed by atoms with Gasteiger partial charge in [0.15, 0.2) is 0 Å². The third-order valence-electron chi connectivity index (χ3n) is 3.65. The molecule has 19 heavy (non-hydrogen) atoms. The summed E-state index contributed by atoms with van der Waals surface area (Å²) in [7, 11) is 0. The van der Waals surface area contributed by atoms with Gasteiger partial charge >= 0.3 is 5.97 Å². The molecule has 1 aliphatic heterocycles. The van der Waals surface area contributed by atoms with E-state index in [0.717, 1.165) is 0 Å². The SMILES string of the molecule is CCOC(=O)C1(NCc2cccs2)CCOCC1C. The van der Waals surface area contributed by atoms with Gasteiger partial charge in [0.1, 0.15) is 5.54 Å². The maximum Gasteiger partial charge on any atom is 0.326 e. The van der Waals surface area contributed by atoms with E-state index in [1.54, 1.807) is 11.3 Å². The van der Waals surface area contributed by atoms with Crippen LogP contribution in [0.25, 0.3) is 0 Å². The summed E-state index contributed by atoms with van der Waals surface area (Å²) in [5.74, 6) is -0.0392. The van der Waals surface area contributed by atoms with Crippen LogP contribution < -0.4 is 5.32 Å². The highest BCUT2D eigenvalue weighted by molar-refractivity contribution is 7.09. The van der Waals surface area contributed by atoms with Crippen molar-refractivity contribution in [3.05, 3.63) is 22.4 Å². The van der Waals surface area contributed by atoms with Crippen molar-refractivity contribution in [2.75, 3.05) is 19.8 Å². The van der Waals surface area contributed by atoms with Gasteiger partial charge in [-0.15, -0.1) is 11.3 Å². The molecule has 2 atom stereocenters. The average molecular weight is 283 g/mol. The van der Waals surface area contributed by atoms with E-state index in [0.29, 0.717) is 32.8 Å². The molecule has 1 aromatic rings. The monoisotopic (exact) mass is 283 g/mol. The Kier molecular flexibility index (Phi) is 4.96. The summed E-state index contributed by atoms with van der Waals surface area (Å²) >= 11 is 1.69. The van der Waals surface area contributed by atoms with Gasteiger partial charge in [-0.05, 0) is 18.4 Å². The summed E-state index contributed by atoms with van der Waals surface area (Å²) < 4.78 is 10.7. The summed E-state index contributed by atoms with van der Waals surface area (Å²) in [6.07, 6.45) is 0.665. The fourth-order valence-corrected chi connectivity index (χ4v) is 3.08. The average Bonchev–Trinajstić information content (AvgIpc) is 2.91. The van der Waals surface area contributed by atoms with Crippen LogP contribution in [0.15, 0.2) is 17.5 Å². The summed E-state index contributed by atoms with van der Waals surface area (Å²) in [5.41, 5.74) is -0.613. The van der Waals surface area contributed by atoms with E-state index in [-0.39, 0.29) is 11.9 Å². The molecule has 2 heterocycles. The van der Waals surface area contributed by atoms with Crippen molar-refractivity contribution in [3.8, 4) is 0 Å². The number of nitrogens with one attached hydrogen (secondary N) is 1. The lowest BCUT2D eigenvalue weighted by Gasteiger charge is -2.40. The number of carbonyl (C=O) groups is 1. The molecule has 2 rings (SSSR count). The molecular weight excluding hydrogens is 262 g/mol. The Morgan fingerprint density at radius 2 is 2.53 bits per heavy atom. The van der Waals surface area contributed by atoms with Gasteiger partial charge in [0.05, 0.1) is 13.2 Å². The summed E-state index contributed by atoms with van der Waals surface area (Å²) in [4.78, 5) is 13.6. The fourth-order valence-electron chi connectivity index (χ4n) is 2.44. The van der Waals surface area contributed by atoms with E-state index in [2.05, 4.69) is 11.4 Å². The first kappa shape index (κ1) is 14.5. The second kappa shape index (κ2) is 6.50. The zero-order valence-corrected chi connectivity index (χ0v) is 12.3. The van der Waals surface area contributed by atoms with E-state index in [1.807, 2.05) is 25.3 Å². The Balaban J connectivity index is 2.11. The fraction of sp³-hybridized carbons (Fsp3) is 0.643. The molecule has 5 heteroatoms. The van der Waals surface area contributed by atoms with Crippen molar-refractivity contribution in [2.45, 2.75) is 32.4 Å². The van der Waals surface area contributed by atoms with E-state index in [1.165, 1.54) is 4.88 Å². The number of rotatable bonds is 5. The molecule has 0 amide bonds. The maximum absolute atomic E-state index is 12.4. The van der Waals surface area contributed by atoms with Gasteiger partial charge in [-0.3, -0.25) is 10.1 Å². The Bertz CT molecular complexity index is 407. The van der Waals surface area contributed by atoms with Gasteiger partial charge < -0.3 is 9.47 Å². The van der Waals surface area contributed by atoms with Crippen molar-refractivity contribution in [1.82, 2.24) is 5.32 Å². The molecule has 0 radical (unpaired) electrons. The molecule has 106 valence electrons. The molecule has 1 N–H and O–H groups in total. The van der Waals surface area contributed by atoms with E-state index < -0.39 is 5.54 Å². The molecule has 1 aromatic heterocycles. The number of hydrogen-bond acceptors (Lipinski definition) is 5. The normalized spacial score (nSPS) is 27.2. The second-order valence-electron chi connectivity index (χ2n) is 4.85. The van der Waals surface area contributed by atoms with E-state index in [9.17, 15) is 4.79 Å². The third-order valence-corrected chi connectivity index (χ3v) is 4.52. The first-order chi connectivity index (χ1) is 9.19. The number of hydrogen-bond donors (Lipinski definition) is 1. The van der Waals surface area contributed by atoms with Crippen LogP contribution in [0.2, 0.25) is 0 Å². The molecule has 0 bridgehead atoms. The lowest BCUT2D eigenvalue weighted by molar-refractivity contribution is -0.159. The molecule has 0 spiro atoms. The smallest absolute Gasteiger partial charge is 0.326 e. The summed E-state index contributed by atoms with van der Waals surface area (Å²) in [5, 5.41) is 5.47. The van der Waals surface area contributed by atoms with Crippen LogP contribution in [0.4, 0.5) is 0 Å². The highest BCUT2D eigenvalue weighted by Gasteiger charge is 2.46. The number of thiophene rings is 1. The minimum atomic E-state index is -0.613. The highest BCUT2D eigenvalue weighted by atomic mass is 32.1. The van der Waals surface area contributed by atoms with Gasteiger partial charge in [-0.2, -0.15) is 0 Å². The standard InChI is InChI=1S/C14H21NO3S/c1-3-18-13(16)14(6-7-17-10-11(14)2)15-9-12-5-4-8-19-12/h4-5,8,11,15H,3,6-7,9-10H2,1-2H3. The molecule has 1 fully saturated rings. The van der Waals surface area contributed by atoms with Crippen LogP contribution in [-0.4, -0.2) is 31.3 Å². The first-order valence-corrected chi connectivity index (χ1v) is 7.59. The maximum atomic E-state index is 12.4. The predicted molar refractivity (Wildman–Crippen MR) is 75.1 cm³/mol. The molecule has 1 aliphatic rings. The number of carbonyl (C=O) groups excluding carboxylic acids is 1. The summed E-state index contributed by atoms with van der Waals surface area (Å²) in [6.45, 7) is 6.18. The molecule has 0 aromatic carbocycles. The van der Waals surface area contributed by atoms with Crippen LogP contribution in [0, 0.1) is 5.92 Å². The topological polar surface area (TPSA) is 47.6 Å². The molecule has 1 saturated heterocycles. The van der Waals surface area contributed by atoms with Gasteiger partial charge in [0.2, 0.25) is 0 Å².